The van der Waals surface area contributed by atoms with E-state index >= 15 is 0 Å². The normalized spacial score (nSPS) is 12.7. The number of carbonyl (C=O) groups is 1. The standard InChI is InChI=1S/C33H30N6O20S6/c34-29-28-20(16-26(60-58-56-42)30(32(28)40)38-36-22-8-10-24(11-9-22)62(44,45)15-13-55-65(51,52)53)17-27(64(48,49)50)31(29)39-37-21-6-4-19(5-7-21)33(41)35-23-2-1-3-25(18-23)63(46,47)14-12-54-61-59-57-43/h1-11,16-18,40,42-43H,12-15,34H2,(H,35,41)(H,48,49,50)(H,51,52,53). The number of benzene rings is 5. The van der Waals surface area contributed by atoms with Crippen molar-refractivity contribution in [2.24, 2.45) is 20.5 Å². The molecule has 0 spiro atoms. The van der Waals surface area contributed by atoms with Gasteiger partial charge < -0.3 is 16.2 Å². The molecule has 5 rings (SSSR count). The summed E-state index contributed by atoms with van der Waals surface area (Å²) in [7, 11) is -18.0. The van der Waals surface area contributed by atoms with Gasteiger partial charge in [0.15, 0.2) is 37.7 Å². The molecule has 32 heteroatoms. The minimum Gasteiger partial charge on any atom is -0.505 e. The van der Waals surface area contributed by atoms with Gasteiger partial charge in [-0.15, -0.1) is 18.9 Å². The van der Waals surface area contributed by atoms with E-state index < -0.39 is 91.9 Å². The van der Waals surface area contributed by atoms with E-state index in [1.54, 1.807) is 0 Å². The van der Waals surface area contributed by atoms with E-state index in [2.05, 4.69) is 48.7 Å². The quantitative estimate of drug-likeness (QED) is 0.00765. The molecule has 65 heavy (non-hydrogen) atoms. The first-order valence-corrected chi connectivity index (χ1v) is 24.7. The number of nitrogens with two attached hydrogens (primary N) is 1. The van der Waals surface area contributed by atoms with E-state index in [9.17, 15) is 48.1 Å². The van der Waals surface area contributed by atoms with Crippen molar-refractivity contribution in [2.75, 3.05) is 35.8 Å². The number of phenolic OH excluding ortho intramolecular Hbond substituents is 1. The molecule has 0 saturated heterocycles. The predicted molar refractivity (Wildman–Crippen MR) is 226 cm³/mol. The summed E-state index contributed by atoms with van der Waals surface area (Å²) in [6.07, 6.45) is 0. The van der Waals surface area contributed by atoms with Gasteiger partial charge in [-0.05, 0) is 84.2 Å². The van der Waals surface area contributed by atoms with E-state index in [0.717, 1.165) is 24.3 Å². The predicted octanol–water partition coefficient (Wildman–Crippen LogP) is 6.25. The number of nitrogens with zero attached hydrogens (tertiary/aromatic N) is 4. The minimum atomic E-state index is -5.11. The summed E-state index contributed by atoms with van der Waals surface area (Å²) in [5, 5.41) is 53.3. The molecule has 0 aromatic heterocycles. The number of nitrogens with one attached hydrogen (secondary N) is 1. The van der Waals surface area contributed by atoms with Crippen molar-refractivity contribution < 1.29 is 90.3 Å². The van der Waals surface area contributed by atoms with Crippen molar-refractivity contribution in [1.29, 1.82) is 0 Å². The Hall–Kier alpha value is -5.27. The van der Waals surface area contributed by atoms with Gasteiger partial charge in [-0.2, -0.15) is 27.1 Å². The monoisotopic (exact) mass is 1020 g/mol. The fourth-order valence-corrected chi connectivity index (χ4v) is 9.41. The first-order chi connectivity index (χ1) is 30.6. The third-order valence-electron chi connectivity index (χ3n) is 8.18. The van der Waals surface area contributed by atoms with Crippen LogP contribution in [-0.4, -0.2) is 89.0 Å². The van der Waals surface area contributed by atoms with Gasteiger partial charge in [0.1, 0.15) is 16.3 Å². The molecular formula is C33H30N6O20S6. The van der Waals surface area contributed by atoms with Gasteiger partial charge in [-0.1, -0.05) is 16.1 Å². The maximum Gasteiger partial charge on any atom is 0.397 e. The number of fused-ring (bicyclic) bond motifs is 1. The Morgan fingerprint density at radius 3 is 1.92 bits per heavy atom. The van der Waals surface area contributed by atoms with Crippen molar-refractivity contribution >= 4 is 115 Å². The van der Waals surface area contributed by atoms with Gasteiger partial charge in [-0.25, -0.2) is 31.5 Å². The Balaban J connectivity index is 1.41. The molecule has 1 amide bonds. The highest BCUT2D eigenvalue weighted by Crippen LogP contribution is 2.49. The number of phenols is 1. The third kappa shape index (κ3) is 13.9. The first kappa shape index (κ1) is 50.7. The van der Waals surface area contributed by atoms with Gasteiger partial charge in [0, 0.05) is 11.3 Å². The lowest BCUT2D eigenvalue weighted by molar-refractivity contribution is -0.434. The molecule has 0 radical (unpaired) electrons. The fraction of sp³-hybridized carbons (Fsp3) is 0.121. The number of carbonyl (C=O) groups excluding carboxylic acids is 1. The largest absolute Gasteiger partial charge is 0.505 e. The number of aromatic hydroxyl groups is 1. The molecule has 0 unspecified atom stereocenters. The van der Waals surface area contributed by atoms with Crippen LogP contribution in [0.2, 0.25) is 0 Å². The highest BCUT2D eigenvalue weighted by atomic mass is 32.3. The Morgan fingerprint density at radius 2 is 1.31 bits per heavy atom. The second-order valence-electron chi connectivity index (χ2n) is 12.4. The van der Waals surface area contributed by atoms with Crippen LogP contribution in [0.3, 0.4) is 0 Å². The molecule has 8 N–H and O–H groups in total. The SMILES string of the molecule is Nc1c(N=Nc2ccc(C(=O)Nc3cccc(S(=O)(=O)CCOSOOO)c3)cc2)c(S(=O)(=O)O)cc2cc(SOOO)c(N=Nc3ccc(S(=O)(=O)CCOS(=O)(=O)O)cc3)c(O)c12. The molecule has 5 aromatic rings. The summed E-state index contributed by atoms with van der Waals surface area (Å²) in [6, 6.07) is 17.2. The van der Waals surface area contributed by atoms with Crippen LogP contribution in [0.4, 0.5) is 34.1 Å². The van der Waals surface area contributed by atoms with Gasteiger partial charge in [0.05, 0.1) is 73.9 Å². The zero-order chi connectivity index (χ0) is 47.6. The zero-order valence-corrected chi connectivity index (χ0v) is 37.0. The lowest BCUT2D eigenvalue weighted by Gasteiger charge is -2.14. The molecule has 0 fully saturated rings. The number of rotatable bonds is 22. The number of amides is 1. The van der Waals surface area contributed by atoms with Gasteiger partial charge in [0.25, 0.3) is 16.0 Å². The lowest BCUT2D eigenvalue weighted by Crippen LogP contribution is -2.15. The van der Waals surface area contributed by atoms with Gasteiger partial charge in [0.2, 0.25) is 0 Å². The molecule has 348 valence electrons. The van der Waals surface area contributed by atoms with Gasteiger partial charge in [-0.3, -0.25) is 18.1 Å². The molecule has 0 heterocycles. The molecule has 0 atom stereocenters. The molecule has 5 aromatic carbocycles. The molecule has 0 bridgehead atoms. The summed E-state index contributed by atoms with van der Waals surface area (Å²) in [6.45, 7) is -1.20. The zero-order valence-electron chi connectivity index (χ0n) is 32.1. The third-order valence-corrected chi connectivity index (χ3v) is 13.9. The molecule has 0 aliphatic rings. The fourth-order valence-electron chi connectivity index (χ4n) is 5.30. The number of hydrogen-bond acceptors (Lipinski definition) is 25. The van der Waals surface area contributed by atoms with Crippen LogP contribution in [0.1, 0.15) is 10.4 Å². The number of sulfone groups is 2. The average Bonchev–Trinajstić information content (AvgIpc) is 3.24. The second-order valence-corrected chi connectivity index (χ2v) is 20.3. The molecule has 0 saturated carbocycles. The minimum absolute atomic E-state index is 0.00163. The van der Waals surface area contributed by atoms with Crippen molar-refractivity contribution in [3.63, 3.8) is 0 Å². The Kier molecular flexibility index (Phi) is 17.0. The summed E-state index contributed by atoms with van der Waals surface area (Å²) in [4.78, 5) is 11.6. The van der Waals surface area contributed by atoms with E-state index in [1.807, 2.05) is 0 Å². The van der Waals surface area contributed by atoms with Crippen molar-refractivity contribution in [1.82, 2.24) is 0 Å². The summed E-state index contributed by atoms with van der Waals surface area (Å²) < 4.78 is 133. The van der Waals surface area contributed by atoms with Crippen LogP contribution in [0, 0.1) is 0 Å². The number of nitrogen functional groups attached to an aromatic ring is 1. The topological polar surface area (TPSA) is 398 Å². The Bertz CT molecular complexity index is 3070. The highest BCUT2D eigenvalue weighted by molar-refractivity contribution is 7.94. The second kappa shape index (κ2) is 21.8. The summed E-state index contributed by atoms with van der Waals surface area (Å²) in [5.74, 6) is -2.72. The number of anilines is 2. The first-order valence-electron chi connectivity index (χ1n) is 17.2. The van der Waals surface area contributed by atoms with Crippen LogP contribution in [0.25, 0.3) is 10.8 Å². The van der Waals surface area contributed by atoms with Crippen molar-refractivity contribution in [3.8, 4) is 5.75 Å². The van der Waals surface area contributed by atoms with E-state index in [1.165, 1.54) is 60.7 Å². The summed E-state index contributed by atoms with van der Waals surface area (Å²) >= 11 is 0.473. The lowest BCUT2D eigenvalue weighted by atomic mass is 10.1. The molecular weight excluding hydrogens is 993 g/mol. The van der Waals surface area contributed by atoms with E-state index in [-0.39, 0.29) is 79.1 Å². The van der Waals surface area contributed by atoms with Crippen LogP contribution in [-0.2, 0) is 67.3 Å². The molecule has 0 aliphatic carbocycles. The number of azo groups is 2. The van der Waals surface area contributed by atoms with Crippen LogP contribution in [0.15, 0.2) is 125 Å². The maximum atomic E-state index is 13.0. The molecule has 26 nitrogen and oxygen atoms in total. The van der Waals surface area contributed by atoms with Crippen molar-refractivity contribution in [3.05, 3.63) is 90.5 Å². The average molecular weight is 1020 g/mol. The Morgan fingerprint density at radius 1 is 0.708 bits per heavy atom. The van der Waals surface area contributed by atoms with Gasteiger partial charge >= 0.3 is 10.4 Å². The van der Waals surface area contributed by atoms with Crippen LogP contribution in [0.5, 0.6) is 5.75 Å². The smallest absolute Gasteiger partial charge is 0.397 e. The van der Waals surface area contributed by atoms with E-state index in [0.29, 0.717) is 0 Å². The summed E-state index contributed by atoms with van der Waals surface area (Å²) in [5.41, 5.74) is 4.96. The number of hydrogen-bond donors (Lipinski definition) is 7. The van der Waals surface area contributed by atoms with Crippen molar-refractivity contribution in [2.45, 2.75) is 19.6 Å². The van der Waals surface area contributed by atoms with E-state index in [4.69, 9.17) is 25.0 Å². The van der Waals surface area contributed by atoms with Crippen LogP contribution < -0.4 is 11.1 Å². The molecule has 0 aliphatic heterocycles. The van der Waals surface area contributed by atoms with Crippen LogP contribution >= 0.6 is 24.4 Å². The Labute approximate surface area is 375 Å². The maximum absolute atomic E-state index is 13.0. The highest BCUT2D eigenvalue weighted by Gasteiger charge is 2.26.